The molecule has 3 fully saturated rings. The summed E-state index contributed by atoms with van der Waals surface area (Å²) in [6.07, 6.45) is 7.11. The van der Waals surface area contributed by atoms with Crippen molar-refractivity contribution in [3.63, 3.8) is 0 Å². The van der Waals surface area contributed by atoms with Gasteiger partial charge in [0.1, 0.15) is 0 Å². The van der Waals surface area contributed by atoms with Crippen LogP contribution in [0.3, 0.4) is 0 Å². The molecule has 2 aliphatic heterocycles. The van der Waals surface area contributed by atoms with Crippen LogP contribution in [0.4, 0.5) is 0 Å². The second-order valence-corrected chi connectivity index (χ2v) is 7.22. The van der Waals surface area contributed by atoms with E-state index in [1.54, 1.807) is 0 Å². The van der Waals surface area contributed by atoms with Crippen molar-refractivity contribution in [2.45, 2.75) is 51.1 Å². The number of likely N-dealkylation sites (tertiary alicyclic amines) is 2. The molecule has 3 aliphatic rings. The molecule has 110 valence electrons. The molecule has 0 bridgehead atoms. The van der Waals surface area contributed by atoms with Crippen LogP contribution < -0.4 is 5.32 Å². The van der Waals surface area contributed by atoms with Gasteiger partial charge in [-0.3, -0.25) is 0 Å². The fourth-order valence-electron chi connectivity index (χ4n) is 3.85. The predicted molar refractivity (Wildman–Crippen MR) is 80.4 cm³/mol. The van der Waals surface area contributed by atoms with Crippen molar-refractivity contribution >= 4 is 0 Å². The highest BCUT2D eigenvalue weighted by atomic mass is 15.2. The average molecular weight is 265 g/mol. The maximum absolute atomic E-state index is 3.84. The number of nitrogens with one attached hydrogen (secondary N) is 1. The molecule has 0 aromatic carbocycles. The van der Waals surface area contributed by atoms with E-state index in [2.05, 4.69) is 29.1 Å². The quantitative estimate of drug-likeness (QED) is 0.817. The van der Waals surface area contributed by atoms with Crippen LogP contribution in [0.15, 0.2) is 0 Å². The topological polar surface area (TPSA) is 18.5 Å². The monoisotopic (exact) mass is 265 g/mol. The van der Waals surface area contributed by atoms with Crippen molar-refractivity contribution in [1.29, 1.82) is 0 Å². The third-order valence-electron chi connectivity index (χ3n) is 5.58. The first-order chi connectivity index (χ1) is 9.22. The Hall–Kier alpha value is -0.120. The molecule has 0 spiro atoms. The third kappa shape index (κ3) is 3.71. The Morgan fingerprint density at radius 1 is 1.05 bits per heavy atom. The maximum atomic E-state index is 3.84. The number of nitrogens with zero attached hydrogens (tertiary/aromatic N) is 2. The van der Waals surface area contributed by atoms with E-state index in [1.807, 2.05) is 0 Å². The number of piperidine rings is 1. The summed E-state index contributed by atoms with van der Waals surface area (Å²) < 4.78 is 0. The van der Waals surface area contributed by atoms with Gasteiger partial charge >= 0.3 is 0 Å². The third-order valence-corrected chi connectivity index (χ3v) is 5.58. The van der Waals surface area contributed by atoms with Gasteiger partial charge in [0.2, 0.25) is 0 Å². The number of hydrogen-bond donors (Lipinski definition) is 1. The number of rotatable bonds is 5. The lowest BCUT2D eigenvalue weighted by molar-refractivity contribution is 0.187. The molecule has 0 amide bonds. The average Bonchev–Trinajstić information content (AvgIpc) is 3.16. The summed E-state index contributed by atoms with van der Waals surface area (Å²) in [5.41, 5.74) is 0. The highest BCUT2D eigenvalue weighted by Crippen LogP contribution is 2.31. The molecule has 2 saturated heterocycles. The van der Waals surface area contributed by atoms with E-state index in [0.29, 0.717) is 6.04 Å². The lowest BCUT2D eigenvalue weighted by atomic mass is 9.90. The zero-order valence-corrected chi connectivity index (χ0v) is 12.8. The van der Waals surface area contributed by atoms with Gasteiger partial charge < -0.3 is 15.1 Å². The Balaban J connectivity index is 1.35. The van der Waals surface area contributed by atoms with Crippen LogP contribution in [0.25, 0.3) is 0 Å². The van der Waals surface area contributed by atoms with Crippen LogP contribution in [-0.2, 0) is 0 Å². The molecular weight excluding hydrogens is 234 g/mol. The summed E-state index contributed by atoms with van der Waals surface area (Å²) in [6.45, 7) is 8.95. The first-order valence-corrected chi connectivity index (χ1v) is 8.38. The summed E-state index contributed by atoms with van der Waals surface area (Å²) in [5.74, 6) is 1.81. The van der Waals surface area contributed by atoms with Crippen molar-refractivity contribution in [3.8, 4) is 0 Å². The summed E-state index contributed by atoms with van der Waals surface area (Å²) >= 11 is 0. The molecule has 0 radical (unpaired) electrons. The molecule has 2 atom stereocenters. The van der Waals surface area contributed by atoms with Crippen molar-refractivity contribution in [3.05, 3.63) is 0 Å². The Kier molecular flexibility index (Phi) is 4.45. The van der Waals surface area contributed by atoms with Gasteiger partial charge in [-0.15, -0.1) is 0 Å². The zero-order chi connectivity index (χ0) is 13.2. The minimum atomic E-state index is 0.712. The van der Waals surface area contributed by atoms with Gasteiger partial charge in [0.15, 0.2) is 0 Å². The molecule has 2 unspecified atom stereocenters. The van der Waals surface area contributed by atoms with Gasteiger partial charge in [-0.05, 0) is 84.1 Å². The summed E-state index contributed by atoms with van der Waals surface area (Å²) in [6, 6.07) is 1.68. The molecule has 0 aromatic rings. The van der Waals surface area contributed by atoms with Crippen LogP contribution in [0.2, 0.25) is 0 Å². The first-order valence-electron chi connectivity index (χ1n) is 8.38. The second-order valence-electron chi connectivity index (χ2n) is 7.22. The normalized spacial score (nSPS) is 32.8. The van der Waals surface area contributed by atoms with E-state index >= 15 is 0 Å². The lowest BCUT2D eigenvalue weighted by Crippen LogP contribution is -2.42. The second kappa shape index (κ2) is 6.11. The SMILES string of the molecule is CC(NCC1CCN(C2CC2)C1)C1CCN(C)CC1. The molecule has 3 heteroatoms. The Morgan fingerprint density at radius 3 is 2.47 bits per heavy atom. The molecule has 2 heterocycles. The first kappa shape index (κ1) is 13.8. The molecule has 1 N–H and O–H groups in total. The molecule has 0 aromatic heterocycles. The van der Waals surface area contributed by atoms with E-state index in [1.165, 1.54) is 64.8 Å². The Bertz CT molecular complexity index is 282. The zero-order valence-electron chi connectivity index (χ0n) is 12.8. The van der Waals surface area contributed by atoms with Crippen molar-refractivity contribution in [1.82, 2.24) is 15.1 Å². The minimum Gasteiger partial charge on any atom is -0.314 e. The van der Waals surface area contributed by atoms with Gasteiger partial charge in [-0.25, -0.2) is 0 Å². The molecule has 3 nitrogen and oxygen atoms in total. The summed E-state index contributed by atoms with van der Waals surface area (Å²) in [7, 11) is 2.25. The summed E-state index contributed by atoms with van der Waals surface area (Å²) in [4.78, 5) is 5.19. The fourth-order valence-corrected chi connectivity index (χ4v) is 3.85. The highest BCUT2D eigenvalue weighted by Gasteiger charge is 2.34. The van der Waals surface area contributed by atoms with Crippen LogP contribution >= 0.6 is 0 Å². The van der Waals surface area contributed by atoms with E-state index in [-0.39, 0.29) is 0 Å². The van der Waals surface area contributed by atoms with Crippen LogP contribution in [0, 0.1) is 11.8 Å². The molecule has 1 saturated carbocycles. The Labute approximate surface area is 118 Å². The van der Waals surface area contributed by atoms with E-state index in [0.717, 1.165) is 17.9 Å². The lowest BCUT2D eigenvalue weighted by Gasteiger charge is -2.33. The van der Waals surface area contributed by atoms with E-state index in [4.69, 9.17) is 0 Å². The Morgan fingerprint density at radius 2 is 1.79 bits per heavy atom. The summed E-state index contributed by atoms with van der Waals surface area (Å²) in [5, 5.41) is 3.84. The largest absolute Gasteiger partial charge is 0.314 e. The van der Waals surface area contributed by atoms with Crippen molar-refractivity contribution < 1.29 is 0 Å². The predicted octanol–water partition coefficient (Wildman–Crippen LogP) is 1.79. The molecule has 3 rings (SSSR count). The van der Waals surface area contributed by atoms with Crippen LogP contribution in [0.5, 0.6) is 0 Å². The van der Waals surface area contributed by atoms with Crippen molar-refractivity contribution in [2.75, 3.05) is 39.8 Å². The smallest absolute Gasteiger partial charge is 0.00965 e. The van der Waals surface area contributed by atoms with E-state index < -0.39 is 0 Å². The van der Waals surface area contributed by atoms with Gasteiger partial charge in [0.05, 0.1) is 0 Å². The number of hydrogen-bond acceptors (Lipinski definition) is 3. The maximum Gasteiger partial charge on any atom is 0.00965 e. The fraction of sp³-hybridized carbons (Fsp3) is 1.00. The van der Waals surface area contributed by atoms with Gasteiger partial charge in [-0.1, -0.05) is 0 Å². The van der Waals surface area contributed by atoms with E-state index in [9.17, 15) is 0 Å². The van der Waals surface area contributed by atoms with Crippen LogP contribution in [-0.4, -0.2) is 61.7 Å². The standard InChI is InChI=1S/C16H31N3/c1-13(15-6-8-18(2)9-7-15)17-11-14-5-10-19(12-14)16-3-4-16/h13-17H,3-12H2,1-2H3. The van der Waals surface area contributed by atoms with Crippen molar-refractivity contribution in [2.24, 2.45) is 11.8 Å². The molecule has 1 aliphatic carbocycles. The minimum absolute atomic E-state index is 0.712. The molecule has 19 heavy (non-hydrogen) atoms. The van der Waals surface area contributed by atoms with Gasteiger partial charge in [0, 0.05) is 18.6 Å². The molecular formula is C16H31N3. The van der Waals surface area contributed by atoms with Gasteiger partial charge in [0.25, 0.3) is 0 Å². The highest BCUT2D eigenvalue weighted by molar-refractivity contribution is 4.90. The van der Waals surface area contributed by atoms with Gasteiger partial charge in [-0.2, -0.15) is 0 Å². The van der Waals surface area contributed by atoms with Crippen LogP contribution in [0.1, 0.15) is 39.0 Å².